The minimum absolute atomic E-state index is 0.0557. The summed E-state index contributed by atoms with van der Waals surface area (Å²) < 4.78 is 0. The van der Waals surface area contributed by atoms with Gasteiger partial charge in [-0.2, -0.15) is 0 Å². The highest BCUT2D eigenvalue weighted by atomic mass is 16.2. The van der Waals surface area contributed by atoms with Gasteiger partial charge in [-0.05, 0) is 18.2 Å². The number of nitrogens with one attached hydrogen (secondary N) is 1. The Morgan fingerprint density at radius 3 is 2.75 bits per heavy atom. The molecule has 0 aromatic heterocycles. The summed E-state index contributed by atoms with van der Waals surface area (Å²) in [5.74, 6) is -0.556. The largest absolute Gasteiger partial charge is 0.399 e. The Kier molecular flexibility index (Phi) is 3.88. The first-order chi connectivity index (χ1) is 9.47. The zero-order valence-corrected chi connectivity index (χ0v) is 11.1. The van der Waals surface area contributed by atoms with E-state index in [9.17, 15) is 14.4 Å². The van der Waals surface area contributed by atoms with E-state index in [-0.39, 0.29) is 37.4 Å². The van der Waals surface area contributed by atoms with Crippen molar-refractivity contribution < 1.29 is 14.4 Å². The summed E-state index contributed by atoms with van der Waals surface area (Å²) in [5.41, 5.74) is 6.74. The van der Waals surface area contributed by atoms with E-state index in [1.54, 1.807) is 31.3 Å². The Bertz CT molecular complexity index is 558. The van der Waals surface area contributed by atoms with E-state index in [1.807, 2.05) is 0 Å². The Balaban J connectivity index is 1.87. The van der Waals surface area contributed by atoms with Crippen LogP contribution in [0, 0.1) is 0 Å². The molecule has 1 aromatic carbocycles. The van der Waals surface area contributed by atoms with Gasteiger partial charge in [-0.1, -0.05) is 6.07 Å². The number of carbonyl (C=O) groups excluding carboxylic acids is 3. The monoisotopic (exact) mass is 276 g/mol. The standard InChI is InChI=1S/C13H16N4O3/c1-16-8-12(19)17(13(16)20)6-5-11(18)15-10-4-2-3-9(14)7-10/h2-4,7H,5-6,8,14H2,1H3,(H,15,18). The van der Waals surface area contributed by atoms with Crippen molar-refractivity contribution in [2.45, 2.75) is 6.42 Å². The van der Waals surface area contributed by atoms with Gasteiger partial charge >= 0.3 is 6.03 Å². The minimum Gasteiger partial charge on any atom is -0.399 e. The fraction of sp³-hybridized carbons (Fsp3) is 0.308. The van der Waals surface area contributed by atoms with Crippen LogP contribution in [0.15, 0.2) is 24.3 Å². The third-order valence-corrected chi connectivity index (χ3v) is 2.96. The summed E-state index contributed by atoms with van der Waals surface area (Å²) in [7, 11) is 1.55. The van der Waals surface area contributed by atoms with Crippen LogP contribution in [0.2, 0.25) is 0 Å². The van der Waals surface area contributed by atoms with E-state index in [0.717, 1.165) is 4.90 Å². The smallest absolute Gasteiger partial charge is 0.326 e. The third kappa shape index (κ3) is 3.05. The van der Waals surface area contributed by atoms with Gasteiger partial charge in [-0.3, -0.25) is 14.5 Å². The van der Waals surface area contributed by atoms with Crippen LogP contribution in [-0.4, -0.2) is 47.8 Å². The van der Waals surface area contributed by atoms with Crippen molar-refractivity contribution in [3.8, 4) is 0 Å². The summed E-state index contributed by atoms with van der Waals surface area (Å²) in [6.07, 6.45) is 0.0557. The molecular weight excluding hydrogens is 260 g/mol. The SMILES string of the molecule is CN1CC(=O)N(CCC(=O)Nc2cccc(N)c2)C1=O. The van der Waals surface area contributed by atoms with Crippen LogP contribution < -0.4 is 11.1 Å². The highest BCUT2D eigenvalue weighted by molar-refractivity contribution is 6.02. The number of anilines is 2. The van der Waals surface area contributed by atoms with Crippen molar-refractivity contribution in [3.05, 3.63) is 24.3 Å². The molecule has 0 aliphatic carbocycles. The third-order valence-electron chi connectivity index (χ3n) is 2.96. The molecule has 1 aliphatic rings. The number of hydrogen-bond donors (Lipinski definition) is 2. The van der Waals surface area contributed by atoms with Crippen LogP contribution in [0.5, 0.6) is 0 Å². The predicted molar refractivity (Wildman–Crippen MR) is 73.8 cm³/mol. The Morgan fingerprint density at radius 1 is 1.40 bits per heavy atom. The van der Waals surface area contributed by atoms with E-state index in [0.29, 0.717) is 11.4 Å². The number of hydrogen-bond acceptors (Lipinski definition) is 4. The van der Waals surface area contributed by atoms with E-state index in [4.69, 9.17) is 5.73 Å². The number of imide groups is 1. The maximum absolute atomic E-state index is 11.8. The van der Waals surface area contributed by atoms with Gasteiger partial charge in [0.2, 0.25) is 11.8 Å². The number of likely N-dealkylation sites (N-methyl/N-ethyl adjacent to an activating group) is 1. The fourth-order valence-corrected chi connectivity index (χ4v) is 1.94. The molecule has 0 spiro atoms. The molecule has 106 valence electrons. The first-order valence-corrected chi connectivity index (χ1v) is 6.18. The fourth-order valence-electron chi connectivity index (χ4n) is 1.94. The van der Waals surface area contributed by atoms with Crippen LogP contribution in [0.1, 0.15) is 6.42 Å². The highest BCUT2D eigenvalue weighted by Gasteiger charge is 2.33. The summed E-state index contributed by atoms with van der Waals surface area (Å²) >= 11 is 0. The lowest BCUT2D eigenvalue weighted by molar-refractivity contribution is -0.125. The van der Waals surface area contributed by atoms with Gasteiger partial charge in [0.25, 0.3) is 0 Å². The van der Waals surface area contributed by atoms with Gasteiger partial charge in [0.15, 0.2) is 0 Å². The molecule has 1 fully saturated rings. The Labute approximate surface area is 116 Å². The topological polar surface area (TPSA) is 95.7 Å². The molecule has 1 aliphatic heterocycles. The molecule has 0 atom stereocenters. The van der Waals surface area contributed by atoms with Crippen molar-refractivity contribution in [2.24, 2.45) is 0 Å². The molecule has 3 N–H and O–H groups in total. The molecular formula is C13H16N4O3. The average Bonchev–Trinajstić information content (AvgIpc) is 2.61. The number of nitrogens with zero attached hydrogens (tertiary/aromatic N) is 2. The molecule has 7 heteroatoms. The zero-order valence-electron chi connectivity index (χ0n) is 11.1. The van der Waals surface area contributed by atoms with Gasteiger partial charge in [-0.15, -0.1) is 0 Å². The van der Waals surface area contributed by atoms with Crippen molar-refractivity contribution in [2.75, 3.05) is 31.2 Å². The lowest BCUT2D eigenvalue weighted by atomic mass is 10.2. The van der Waals surface area contributed by atoms with Crippen LogP contribution in [0.25, 0.3) is 0 Å². The average molecular weight is 276 g/mol. The van der Waals surface area contributed by atoms with E-state index in [2.05, 4.69) is 5.32 Å². The second-order valence-electron chi connectivity index (χ2n) is 4.61. The van der Waals surface area contributed by atoms with Gasteiger partial charge < -0.3 is 16.0 Å². The number of carbonyl (C=O) groups is 3. The van der Waals surface area contributed by atoms with Gasteiger partial charge in [-0.25, -0.2) is 4.79 Å². The number of nitrogens with two attached hydrogens (primary N) is 1. The Hall–Kier alpha value is -2.57. The molecule has 1 heterocycles. The van der Waals surface area contributed by atoms with Crippen LogP contribution >= 0.6 is 0 Å². The summed E-state index contributed by atoms with van der Waals surface area (Å²) in [6.45, 7) is 0.145. The highest BCUT2D eigenvalue weighted by Crippen LogP contribution is 2.13. The number of nitrogen functional groups attached to an aromatic ring is 1. The van der Waals surface area contributed by atoms with Crippen LogP contribution in [0.4, 0.5) is 16.2 Å². The van der Waals surface area contributed by atoms with Crippen molar-refractivity contribution >= 4 is 29.2 Å². The second-order valence-corrected chi connectivity index (χ2v) is 4.61. The Morgan fingerprint density at radius 2 is 2.15 bits per heavy atom. The van der Waals surface area contributed by atoms with Gasteiger partial charge in [0.1, 0.15) is 6.54 Å². The molecule has 2 rings (SSSR count). The summed E-state index contributed by atoms with van der Waals surface area (Å²) in [4.78, 5) is 37.3. The van der Waals surface area contributed by atoms with Gasteiger partial charge in [0.05, 0.1) is 0 Å². The van der Waals surface area contributed by atoms with E-state index >= 15 is 0 Å². The first-order valence-electron chi connectivity index (χ1n) is 6.18. The number of amides is 4. The van der Waals surface area contributed by atoms with E-state index < -0.39 is 0 Å². The summed E-state index contributed by atoms with van der Waals surface area (Å²) in [6, 6.07) is 6.43. The molecule has 7 nitrogen and oxygen atoms in total. The second kappa shape index (κ2) is 5.60. The zero-order chi connectivity index (χ0) is 14.7. The van der Waals surface area contributed by atoms with Gasteiger partial charge in [0, 0.05) is 31.4 Å². The predicted octanol–water partition coefficient (Wildman–Crippen LogP) is 0.491. The molecule has 1 aromatic rings. The molecule has 0 unspecified atom stereocenters. The lowest BCUT2D eigenvalue weighted by Gasteiger charge is -2.13. The molecule has 1 saturated heterocycles. The number of rotatable bonds is 4. The number of benzene rings is 1. The van der Waals surface area contributed by atoms with Crippen molar-refractivity contribution in [1.82, 2.24) is 9.80 Å². The van der Waals surface area contributed by atoms with Crippen LogP contribution in [0.3, 0.4) is 0 Å². The maximum atomic E-state index is 11.8. The molecule has 0 radical (unpaired) electrons. The minimum atomic E-state index is -0.369. The normalized spacial score (nSPS) is 14.8. The molecule has 20 heavy (non-hydrogen) atoms. The van der Waals surface area contributed by atoms with Crippen molar-refractivity contribution in [3.63, 3.8) is 0 Å². The number of urea groups is 1. The maximum Gasteiger partial charge on any atom is 0.326 e. The molecule has 0 bridgehead atoms. The molecule has 4 amide bonds. The van der Waals surface area contributed by atoms with Crippen molar-refractivity contribution in [1.29, 1.82) is 0 Å². The summed E-state index contributed by atoms with van der Waals surface area (Å²) in [5, 5.41) is 2.67. The van der Waals surface area contributed by atoms with Crippen LogP contribution in [-0.2, 0) is 9.59 Å². The quantitative estimate of drug-likeness (QED) is 0.618. The lowest BCUT2D eigenvalue weighted by Crippen LogP contribution is -2.34. The first kappa shape index (κ1) is 13.9. The molecule has 0 saturated carbocycles. The van der Waals surface area contributed by atoms with E-state index in [1.165, 1.54) is 4.90 Å².